The van der Waals surface area contributed by atoms with Crippen molar-refractivity contribution in [1.82, 2.24) is 0 Å². The van der Waals surface area contributed by atoms with Gasteiger partial charge >= 0.3 is 0 Å². The second-order valence-electron chi connectivity index (χ2n) is 3.25. The van der Waals surface area contributed by atoms with E-state index in [0.717, 1.165) is 12.1 Å². The van der Waals surface area contributed by atoms with Gasteiger partial charge in [-0.25, -0.2) is 0 Å². The van der Waals surface area contributed by atoms with Crippen molar-refractivity contribution in [3.05, 3.63) is 0 Å². The maximum atomic E-state index is 8.71. The fourth-order valence-electron chi connectivity index (χ4n) is 1.02. The summed E-state index contributed by atoms with van der Waals surface area (Å²) < 4.78 is 0. The van der Waals surface area contributed by atoms with Crippen LogP contribution in [0.15, 0.2) is 10.1 Å². The lowest BCUT2D eigenvalue weighted by Crippen LogP contribution is -2.18. The van der Waals surface area contributed by atoms with Gasteiger partial charge in [0, 0.05) is 12.5 Å². The zero-order valence-corrected chi connectivity index (χ0v) is 8.62. The van der Waals surface area contributed by atoms with Gasteiger partial charge in [0.2, 0.25) is 0 Å². The van der Waals surface area contributed by atoms with Gasteiger partial charge in [-0.3, -0.25) is 4.99 Å². The molecule has 0 aliphatic carbocycles. The van der Waals surface area contributed by atoms with Crippen molar-refractivity contribution < 1.29 is 5.21 Å². The maximum absolute atomic E-state index is 8.71. The minimum absolute atomic E-state index is 0.201. The predicted octanol–water partition coefficient (Wildman–Crippen LogP) is 1.28. The van der Waals surface area contributed by atoms with Crippen LogP contribution in [0.4, 0.5) is 0 Å². The number of hydrogen-bond donors (Lipinski definition) is 2. The Morgan fingerprint density at radius 1 is 1.46 bits per heavy atom. The Hall–Kier alpha value is -0.900. The molecule has 0 spiro atoms. The summed E-state index contributed by atoms with van der Waals surface area (Å²) in [5.41, 5.74) is 6.78. The predicted molar refractivity (Wildman–Crippen MR) is 55.7 cm³/mol. The average Bonchev–Trinajstić information content (AvgIpc) is 2.05. The van der Waals surface area contributed by atoms with Crippen LogP contribution in [-0.2, 0) is 0 Å². The van der Waals surface area contributed by atoms with Crippen LogP contribution in [0, 0.1) is 5.92 Å². The molecule has 4 nitrogen and oxygen atoms in total. The number of rotatable bonds is 5. The van der Waals surface area contributed by atoms with Crippen molar-refractivity contribution in [3.63, 3.8) is 0 Å². The normalized spacial score (nSPS) is 13.9. The van der Waals surface area contributed by atoms with Crippen molar-refractivity contribution in [2.24, 2.45) is 21.8 Å². The van der Waals surface area contributed by atoms with Crippen molar-refractivity contribution in [2.75, 3.05) is 13.1 Å². The number of nitrogens with two attached hydrogens (primary N) is 1. The van der Waals surface area contributed by atoms with Crippen LogP contribution in [0.1, 0.15) is 27.2 Å². The van der Waals surface area contributed by atoms with E-state index in [4.69, 9.17) is 10.9 Å². The van der Waals surface area contributed by atoms with E-state index in [1.165, 1.54) is 0 Å². The molecule has 13 heavy (non-hydrogen) atoms. The van der Waals surface area contributed by atoms with Gasteiger partial charge < -0.3 is 10.9 Å². The monoisotopic (exact) mass is 185 g/mol. The molecule has 76 valence electrons. The van der Waals surface area contributed by atoms with Gasteiger partial charge in [0.05, 0.1) is 5.71 Å². The number of oxime groups is 1. The molecule has 0 amide bonds. The number of hydrogen-bond acceptors (Lipinski definition) is 4. The molecule has 0 atom stereocenters. The quantitative estimate of drug-likeness (QED) is 0.293. The van der Waals surface area contributed by atoms with Gasteiger partial charge in [-0.15, -0.1) is 0 Å². The Morgan fingerprint density at radius 2 is 2.08 bits per heavy atom. The second-order valence-corrected chi connectivity index (χ2v) is 3.25. The highest BCUT2D eigenvalue weighted by Gasteiger charge is 2.08. The third-order valence-electron chi connectivity index (χ3n) is 1.74. The summed E-state index contributed by atoms with van der Waals surface area (Å²) in [5.74, 6) is 0.201. The topological polar surface area (TPSA) is 71.0 Å². The van der Waals surface area contributed by atoms with Crippen molar-refractivity contribution in [2.45, 2.75) is 27.2 Å². The van der Waals surface area contributed by atoms with Crippen LogP contribution in [0.5, 0.6) is 0 Å². The molecule has 0 saturated heterocycles. The Labute approximate surface area is 79.5 Å². The summed E-state index contributed by atoms with van der Waals surface area (Å²) in [4.78, 5) is 4.25. The Bertz CT molecular complexity index is 197. The summed E-state index contributed by atoms with van der Waals surface area (Å²) in [6, 6.07) is 0. The number of nitrogens with zero attached hydrogens (tertiary/aromatic N) is 2. The maximum Gasteiger partial charge on any atom is 0.103 e. The fraction of sp³-hybridized carbons (Fsp3) is 0.778. The van der Waals surface area contributed by atoms with E-state index < -0.39 is 0 Å². The van der Waals surface area contributed by atoms with E-state index >= 15 is 0 Å². The Balaban J connectivity index is 4.21. The first-order valence-electron chi connectivity index (χ1n) is 4.57. The fourth-order valence-corrected chi connectivity index (χ4v) is 1.02. The zero-order chi connectivity index (χ0) is 10.3. The van der Waals surface area contributed by atoms with Crippen LogP contribution in [0.2, 0.25) is 0 Å². The highest BCUT2D eigenvalue weighted by Crippen LogP contribution is 1.99. The summed E-state index contributed by atoms with van der Waals surface area (Å²) in [5, 5.41) is 11.9. The largest absolute Gasteiger partial charge is 0.411 e. The van der Waals surface area contributed by atoms with Gasteiger partial charge in [-0.2, -0.15) is 0 Å². The zero-order valence-electron chi connectivity index (χ0n) is 8.62. The molecule has 0 bridgehead atoms. The minimum atomic E-state index is 0.201. The Kier molecular flexibility index (Phi) is 6.14. The molecule has 4 heteroatoms. The van der Waals surface area contributed by atoms with Crippen LogP contribution < -0.4 is 5.73 Å². The molecule has 0 heterocycles. The van der Waals surface area contributed by atoms with Gasteiger partial charge in [0.25, 0.3) is 0 Å². The molecule has 0 rings (SSSR count). The van der Waals surface area contributed by atoms with E-state index in [-0.39, 0.29) is 5.92 Å². The summed E-state index contributed by atoms with van der Waals surface area (Å²) in [6.07, 6.45) is 0.869. The van der Waals surface area contributed by atoms with Crippen LogP contribution >= 0.6 is 0 Å². The van der Waals surface area contributed by atoms with Gasteiger partial charge in [-0.1, -0.05) is 19.0 Å². The molecular formula is C9H19N3O. The van der Waals surface area contributed by atoms with E-state index in [0.29, 0.717) is 18.8 Å². The first-order valence-corrected chi connectivity index (χ1v) is 4.57. The van der Waals surface area contributed by atoms with Crippen LogP contribution in [0.3, 0.4) is 0 Å². The molecule has 0 unspecified atom stereocenters. The Morgan fingerprint density at radius 3 is 2.46 bits per heavy atom. The average molecular weight is 185 g/mol. The van der Waals surface area contributed by atoms with Gasteiger partial charge in [0.15, 0.2) is 0 Å². The molecule has 0 saturated carbocycles. The molecule has 0 aliphatic rings. The smallest absolute Gasteiger partial charge is 0.103 e. The first-order chi connectivity index (χ1) is 6.13. The molecule has 0 aromatic carbocycles. The molecule has 0 fully saturated rings. The standard InChI is InChI=1S/C9H19N3O/c1-7(2)9(12-13)8(3)11-6-4-5-10/h7,13H,4-6,10H2,1-3H3. The van der Waals surface area contributed by atoms with Crippen molar-refractivity contribution in [3.8, 4) is 0 Å². The summed E-state index contributed by atoms with van der Waals surface area (Å²) in [7, 11) is 0. The van der Waals surface area contributed by atoms with Crippen LogP contribution in [-0.4, -0.2) is 29.7 Å². The lowest BCUT2D eigenvalue weighted by Gasteiger charge is -2.06. The third-order valence-corrected chi connectivity index (χ3v) is 1.74. The van der Waals surface area contributed by atoms with E-state index in [1.807, 2.05) is 20.8 Å². The minimum Gasteiger partial charge on any atom is -0.411 e. The van der Waals surface area contributed by atoms with Crippen molar-refractivity contribution in [1.29, 1.82) is 0 Å². The molecule has 0 aliphatic heterocycles. The van der Waals surface area contributed by atoms with E-state index in [9.17, 15) is 0 Å². The third kappa shape index (κ3) is 4.62. The SMILES string of the molecule is CC(=NCCCN)C(=NO)C(C)C. The molecular weight excluding hydrogens is 166 g/mol. The van der Waals surface area contributed by atoms with Gasteiger partial charge in [0.1, 0.15) is 5.71 Å². The first kappa shape index (κ1) is 12.1. The molecule has 0 radical (unpaired) electrons. The lowest BCUT2D eigenvalue weighted by atomic mass is 10.0. The number of aliphatic imine (C=N–C) groups is 1. The van der Waals surface area contributed by atoms with E-state index in [1.54, 1.807) is 0 Å². The molecule has 3 N–H and O–H groups in total. The summed E-state index contributed by atoms with van der Waals surface area (Å²) >= 11 is 0. The van der Waals surface area contributed by atoms with Crippen molar-refractivity contribution >= 4 is 11.4 Å². The van der Waals surface area contributed by atoms with Gasteiger partial charge in [-0.05, 0) is 19.9 Å². The second kappa shape index (κ2) is 6.60. The molecule has 0 aromatic rings. The van der Waals surface area contributed by atoms with E-state index in [2.05, 4.69) is 10.1 Å². The molecule has 0 aromatic heterocycles. The summed E-state index contributed by atoms with van der Waals surface area (Å²) in [6.45, 7) is 7.14. The highest BCUT2D eigenvalue weighted by atomic mass is 16.4. The highest BCUT2D eigenvalue weighted by molar-refractivity contribution is 6.41. The lowest BCUT2D eigenvalue weighted by molar-refractivity contribution is 0.317. The van der Waals surface area contributed by atoms with Crippen LogP contribution in [0.25, 0.3) is 0 Å².